The maximum absolute atomic E-state index is 13.7. The fraction of sp³-hybridized carbons (Fsp3) is 0.571. The van der Waals surface area contributed by atoms with E-state index < -0.39 is 10.7 Å². The smallest absolute Gasteiger partial charge is 0.293 e. The van der Waals surface area contributed by atoms with Gasteiger partial charge in [0, 0.05) is 30.8 Å². The van der Waals surface area contributed by atoms with Crippen LogP contribution in [0.5, 0.6) is 0 Å². The van der Waals surface area contributed by atoms with Gasteiger partial charge in [0.15, 0.2) is 0 Å². The van der Waals surface area contributed by atoms with Gasteiger partial charge in [0.1, 0.15) is 11.5 Å². The van der Waals surface area contributed by atoms with Crippen LogP contribution in [0, 0.1) is 15.9 Å². The molecule has 2 aliphatic heterocycles. The lowest BCUT2D eigenvalue weighted by molar-refractivity contribution is -0.384. The minimum Gasteiger partial charge on any atom is -0.377 e. The summed E-state index contributed by atoms with van der Waals surface area (Å²) >= 11 is 3.00. The molecule has 2 heterocycles. The Hall–Kier alpha value is -1.21. The van der Waals surface area contributed by atoms with Gasteiger partial charge in [-0.25, -0.2) is 4.39 Å². The molecule has 3 rings (SSSR count). The van der Waals surface area contributed by atoms with Gasteiger partial charge < -0.3 is 10.2 Å². The van der Waals surface area contributed by atoms with Crippen LogP contribution in [0.25, 0.3) is 0 Å². The van der Waals surface area contributed by atoms with E-state index in [1.165, 1.54) is 25.0 Å². The van der Waals surface area contributed by atoms with E-state index in [9.17, 15) is 14.5 Å². The monoisotopic (exact) mass is 357 g/mol. The van der Waals surface area contributed by atoms with Crippen LogP contribution in [0.3, 0.4) is 0 Å². The van der Waals surface area contributed by atoms with Crippen molar-refractivity contribution in [3.8, 4) is 0 Å². The number of halogens is 2. The lowest BCUT2D eigenvalue weighted by atomic mass is 9.97. The summed E-state index contributed by atoms with van der Waals surface area (Å²) < 4.78 is 13.8. The molecule has 2 saturated heterocycles. The number of hydrogen-bond acceptors (Lipinski definition) is 4. The summed E-state index contributed by atoms with van der Waals surface area (Å²) in [4.78, 5) is 13.1. The Balaban J connectivity index is 1.78. The number of rotatable bonds is 3. The molecule has 1 aromatic carbocycles. The first-order chi connectivity index (χ1) is 10.0. The highest BCUT2D eigenvalue weighted by molar-refractivity contribution is 9.10. The van der Waals surface area contributed by atoms with Gasteiger partial charge in [0.25, 0.3) is 5.69 Å². The predicted molar refractivity (Wildman–Crippen MR) is 82.0 cm³/mol. The molecule has 0 amide bonds. The molecule has 0 bridgehead atoms. The van der Waals surface area contributed by atoms with Crippen molar-refractivity contribution in [2.45, 2.75) is 37.8 Å². The molecule has 2 unspecified atom stereocenters. The summed E-state index contributed by atoms with van der Waals surface area (Å²) in [6, 6.07) is 3.17. The topological polar surface area (TPSA) is 58.4 Å². The highest BCUT2D eigenvalue weighted by atomic mass is 79.9. The maximum atomic E-state index is 13.7. The number of fused-ring (bicyclic) bond motifs is 1. The van der Waals surface area contributed by atoms with Crippen LogP contribution in [0.15, 0.2) is 16.6 Å². The van der Waals surface area contributed by atoms with Crippen molar-refractivity contribution in [2.24, 2.45) is 0 Å². The number of hydrogen-bond donors (Lipinski definition) is 1. The van der Waals surface area contributed by atoms with Gasteiger partial charge in [-0.2, -0.15) is 0 Å². The van der Waals surface area contributed by atoms with Gasteiger partial charge in [0.05, 0.1) is 9.40 Å². The Labute approximate surface area is 130 Å². The number of nitro benzene ring substituents is 1. The number of piperidine rings is 1. The average molecular weight is 358 g/mol. The minimum absolute atomic E-state index is 0.0860. The predicted octanol–water partition coefficient (Wildman–Crippen LogP) is 3.54. The maximum Gasteiger partial charge on any atom is 0.293 e. The Bertz CT molecular complexity index is 569. The van der Waals surface area contributed by atoms with Crippen molar-refractivity contribution in [3.05, 3.63) is 32.5 Å². The molecular formula is C14H17BrFN3O2. The standard InChI is InChI=1S/C14H17BrFN3O2/c15-11-7-14(19(20)21)13(8-12(11)16)17-9-3-5-18-4-1-2-10(18)6-9/h7-10,17H,1-6H2. The second-order valence-corrected chi connectivity index (χ2v) is 6.59. The quantitative estimate of drug-likeness (QED) is 0.663. The van der Waals surface area contributed by atoms with Gasteiger partial charge >= 0.3 is 0 Å². The lowest BCUT2D eigenvalue weighted by Crippen LogP contribution is -2.42. The Morgan fingerprint density at radius 2 is 2.19 bits per heavy atom. The molecule has 1 aromatic rings. The van der Waals surface area contributed by atoms with Crippen LogP contribution < -0.4 is 5.32 Å². The first kappa shape index (κ1) is 14.7. The van der Waals surface area contributed by atoms with Crippen LogP contribution in [0.1, 0.15) is 25.7 Å². The van der Waals surface area contributed by atoms with E-state index >= 15 is 0 Å². The van der Waals surface area contributed by atoms with Crippen molar-refractivity contribution in [3.63, 3.8) is 0 Å². The largest absolute Gasteiger partial charge is 0.377 e. The van der Waals surface area contributed by atoms with E-state index in [2.05, 4.69) is 26.1 Å². The number of nitrogens with one attached hydrogen (secondary N) is 1. The number of nitro groups is 1. The van der Waals surface area contributed by atoms with E-state index in [4.69, 9.17) is 0 Å². The minimum atomic E-state index is -0.485. The summed E-state index contributed by atoms with van der Waals surface area (Å²) in [7, 11) is 0. The van der Waals surface area contributed by atoms with Crippen LogP contribution in [-0.4, -0.2) is 35.0 Å². The Kier molecular flexibility index (Phi) is 4.12. The zero-order valence-corrected chi connectivity index (χ0v) is 13.1. The number of benzene rings is 1. The van der Waals surface area contributed by atoms with Crippen molar-refractivity contribution >= 4 is 27.3 Å². The molecule has 114 valence electrons. The SMILES string of the molecule is O=[N+]([O-])c1cc(Br)c(F)cc1NC1CCN2CCCC2C1. The molecule has 0 spiro atoms. The summed E-state index contributed by atoms with van der Waals surface area (Å²) in [5.41, 5.74) is 0.189. The van der Waals surface area contributed by atoms with Gasteiger partial charge in [-0.15, -0.1) is 0 Å². The van der Waals surface area contributed by atoms with Crippen molar-refractivity contribution in [1.82, 2.24) is 4.90 Å². The number of nitrogens with zero attached hydrogens (tertiary/aromatic N) is 2. The molecule has 2 fully saturated rings. The van der Waals surface area contributed by atoms with E-state index in [0.717, 1.165) is 25.9 Å². The van der Waals surface area contributed by atoms with Crippen LogP contribution in [0.2, 0.25) is 0 Å². The molecular weight excluding hydrogens is 341 g/mol. The van der Waals surface area contributed by atoms with Crippen LogP contribution >= 0.6 is 15.9 Å². The molecule has 0 saturated carbocycles. The second-order valence-electron chi connectivity index (χ2n) is 5.74. The molecule has 5 nitrogen and oxygen atoms in total. The molecule has 0 aliphatic carbocycles. The normalized spacial score (nSPS) is 25.6. The fourth-order valence-corrected chi connectivity index (χ4v) is 3.71. The van der Waals surface area contributed by atoms with Crippen LogP contribution in [0.4, 0.5) is 15.8 Å². The zero-order valence-electron chi connectivity index (χ0n) is 11.5. The highest BCUT2D eigenvalue weighted by Crippen LogP contribution is 2.34. The molecule has 7 heteroatoms. The third kappa shape index (κ3) is 3.03. The lowest BCUT2D eigenvalue weighted by Gasteiger charge is -2.35. The van der Waals surface area contributed by atoms with Gasteiger partial charge in [-0.1, -0.05) is 0 Å². The van der Waals surface area contributed by atoms with Crippen LogP contribution in [-0.2, 0) is 0 Å². The van der Waals surface area contributed by atoms with E-state index in [-0.39, 0.29) is 21.9 Å². The van der Waals surface area contributed by atoms with E-state index in [1.807, 2.05) is 0 Å². The Morgan fingerprint density at radius 1 is 1.38 bits per heavy atom. The molecule has 2 atom stereocenters. The first-order valence-corrected chi connectivity index (χ1v) is 7.98. The zero-order chi connectivity index (χ0) is 15.0. The van der Waals surface area contributed by atoms with Gasteiger partial charge in [-0.05, 0) is 48.2 Å². The fourth-order valence-electron chi connectivity index (χ4n) is 3.38. The van der Waals surface area contributed by atoms with Crippen molar-refractivity contribution in [1.29, 1.82) is 0 Å². The van der Waals surface area contributed by atoms with Gasteiger partial charge in [-0.3, -0.25) is 10.1 Å². The van der Waals surface area contributed by atoms with E-state index in [1.54, 1.807) is 0 Å². The van der Waals surface area contributed by atoms with E-state index in [0.29, 0.717) is 6.04 Å². The average Bonchev–Trinajstić information content (AvgIpc) is 2.89. The Morgan fingerprint density at radius 3 is 2.95 bits per heavy atom. The third-order valence-electron chi connectivity index (χ3n) is 4.42. The molecule has 0 aromatic heterocycles. The summed E-state index contributed by atoms with van der Waals surface area (Å²) in [6.07, 6.45) is 4.32. The van der Waals surface area contributed by atoms with Crippen molar-refractivity contribution in [2.75, 3.05) is 18.4 Å². The summed E-state index contributed by atoms with van der Waals surface area (Å²) in [5, 5.41) is 14.3. The first-order valence-electron chi connectivity index (χ1n) is 7.18. The van der Waals surface area contributed by atoms with Crippen molar-refractivity contribution < 1.29 is 9.31 Å². The van der Waals surface area contributed by atoms with Gasteiger partial charge in [0.2, 0.25) is 0 Å². The second kappa shape index (κ2) is 5.88. The number of anilines is 1. The summed E-state index contributed by atoms with van der Waals surface area (Å²) in [5.74, 6) is -0.485. The molecule has 1 N–H and O–H groups in total. The third-order valence-corrected chi connectivity index (χ3v) is 5.02. The summed E-state index contributed by atoms with van der Waals surface area (Å²) in [6.45, 7) is 2.17. The highest BCUT2D eigenvalue weighted by Gasteiger charge is 2.32. The molecule has 21 heavy (non-hydrogen) atoms. The molecule has 2 aliphatic rings. The molecule has 0 radical (unpaired) electrons.